The quantitative estimate of drug-likeness (QED) is 0.708. The van der Waals surface area contributed by atoms with Gasteiger partial charge in [-0.2, -0.15) is 0 Å². The number of rotatable bonds is 2. The summed E-state index contributed by atoms with van der Waals surface area (Å²) in [5, 5.41) is 8.01. The van der Waals surface area contributed by atoms with Crippen molar-refractivity contribution in [2.45, 2.75) is 13.5 Å². The summed E-state index contributed by atoms with van der Waals surface area (Å²) in [6.45, 7) is 2.53. The van der Waals surface area contributed by atoms with Crippen molar-refractivity contribution in [3.63, 3.8) is 0 Å². The summed E-state index contributed by atoms with van der Waals surface area (Å²) in [5.74, 6) is 1.75. The summed E-state index contributed by atoms with van der Waals surface area (Å²) in [6, 6.07) is 3.06. The predicted octanol–water partition coefficient (Wildman–Crippen LogP) is 0.334. The van der Waals surface area contributed by atoms with Crippen LogP contribution in [-0.4, -0.2) is 19.3 Å². The Labute approximate surface area is 87.0 Å². The Hall–Kier alpha value is -1.91. The Morgan fingerprint density at radius 1 is 1.27 bits per heavy atom. The number of hydrogen-bond donors (Lipinski definition) is 0. The highest BCUT2D eigenvalue weighted by atomic mass is 16.1. The van der Waals surface area contributed by atoms with Crippen molar-refractivity contribution in [1.82, 2.24) is 19.3 Å². The third-order valence-electron chi connectivity index (χ3n) is 2.37. The fourth-order valence-electron chi connectivity index (χ4n) is 1.30. The topological polar surface area (TPSA) is 52.7 Å². The van der Waals surface area contributed by atoms with E-state index in [2.05, 4.69) is 10.2 Å². The first-order valence-corrected chi connectivity index (χ1v) is 4.68. The van der Waals surface area contributed by atoms with E-state index in [1.807, 2.05) is 23.1 Å². The summed E-state index contributed by atoms with van der Waals surface area (Å²) in [7, 11) is 1.92. The van der Waals surface area contributed by atoms with E-state index in [-0.39, 0.29) is 5.43 Å². The van der Waals surface area contributed by atoms with Crippen LogP contribution in [0.15, 0.2) is 29.3 Å². The van der Waals surface area contributed by atoms with Gasteiger partial charge in [-0.25, -0.2) is 0 Å². The molecule has 2 heterocycles. The molecule has 0 saturated carbocycles. The SMILES string of the molecule is Cc1nnc(Cn2ccc(=O)cc2)n1C. The van der Waals surface area contributed by atoms with Gasteiger partial charge in [0.15, 0.2) is 11.3 Å². The van der Waals surface area contributed by atoms with E-state index in [0.717, 1.165) is 11.6 Å². The van der Waals surface area contributed by atoms with Crippen LogP contribution < -0.4 is 5.43 Å². The molecule has 0 aliphatic rings. The van der Waals surface area contributed by atoms with Crippen molar-refractivity contribution < 1.29 is 0 Å². The second-order valence-electron chi connectivity index (χ2n) is 3.43. The molecule has 0 radical (unpaired) electrons. The van der Waals surface area contributed by atoms with Crippen molar-refractivity contribution in [1.29, 1.82) is 0 Å². The minimum absolute atomic E-state index is 0.0143. The molecule has 2 aromatic rings. The van der Waals surface area contributed by atoms with Gasteiger partial charge >= 0.3 is 0 Å². The van der Waals surface area contributed by atoms with Gasteiger partial charge < -0.3 is 9.13 Å². The molecule has 2 rings (SSSR count). The molecule has 0 atom stereocenters. The monoisotopic (exact) mass is 204 g/mol. The maximum atomic E-state index is 10.9. The third kappa shape index (κ3) is 1.96. The lowest BCUT2D eigenvalue weighted by Gasteiger charge is -2.04. The van der Waals surface area contributed by atoms with Crippen LogP contribution >= 0.6 is 0 Å². The Kier molecular flexibility index (Phi) is 2.37. The van der Waals surface area contributed by atoms with Gasteiger partial charge in [0.25, 0.3) is 0 Å². The van der Waals surface area contributed by atoms with E-state index in [1.165, 1.54) is 12.1 Å². The summed E-state index contributed by atoms with van der Waals surface area (Å²) < 4.78 is 3.82. The van der Waals surface area contributed by atoms with Gasteiger partial charge in [-0.15, -0.1) is 10.2 Å². The number of aryl methyl sites for hydroxylation is 1. The average molecular weight is 204 g/mol. The number of aromatic nitrogens is 4. The summed E-state index contributed by atoms with van der Waals surface area (Å²) in [5.41, 5.74) is 0.0143. The summed E-state index contributed by atoms with van der Waals surface area (Å²) in [4.78, 5) is 10.9. The molecular weight excluding hydrogens is 192 g/mol. The highest BCUT2D eigenvalue weighted by Gasteiger charge is 2.03. The molecule has 0 amide bonds. The van der Waals surface area contributed by atoms with E-state index in [4.69, 9.17) is 0 Å². The minimum Gasteiger partial charge on any atom is -0.346 e. The number of nitrogens with zero attached hydrogens (tertiary/aromatic N) is 4. The van der Waals surface area contributed by atoms with Crippen molar-refractivity contribution in [2.75, 3.05) is 0 Å². The van der Waals surface area contributed by atoms with Crippen molar-refractivity contribution in [3.8, 4) is 0 Å². The van der Waals surface area contributed by atoms with Crippen LogP contribution in [0.25, 0.3) is 0 Å². The molecule has 2 aromatic heterocycles. The summed E-state index contributed by atoms with van der Waals surface area (Å²) >= 11 is 0. The second-order valence-corrected chi connectivity index (χ2v) is 3.43. The van der Waals surface area contributed by atoms with E-state index >= 15 is 0 Å². The lowest BCUT2D eigenvalue weighted by Crippen LogP contribution is -2.08. The van der Waals surface area contributed by atoms with Crippen LogP contribution in [-0.2, 0) is 13.6 Å². The van der Waals surface area contributed by atoms with Gasteiger partial charge in [0, 0.05) is 31.6 Å². The van der Waals surface area contributed by atoms with Crippen LogP contribution in [0.5, 0.6) is 0 Å². The Morgan fingerprint density at radius 3 is 2.47 bits per heavy atom. The predicted molar refractivity (Wildman–Crippen MR) is 55.5 cm³/mol. The van der Waals surface area contributed by atoms with Crippen LogP contribution in [0.4, 0.5) is 0 Å². The van der Waals surface area contributed by atoms with Crippen LogP contribution in [0.1, 0.15) is 11.6 Å². The average Bonchev–Trinajstić information content (AvgIpc) is 2.53. The molecule has 0 bridgehead atoms. The van der Waals surface area contributed by atoms with Crippen molar-refractivity contribution in [3.05, 3.63) is 46.4 Å². The maximum Gasteiger partial charge on any atom is 0.181 e. The Balaban J connectivity index is 2.25. The van der Waals surface area contributed by atoms with Gasteiger partial charge in [0.2, 0.25) is 0 Å². The highest BCUT2D eigenvalue weighted by molar-refractivity contribution is 4.98. The second kappa shape index (κ2) is 3.68. The van der Waals surface area contributed by atoms with E-state index < -0.39 is 0 Å². The lowest BCUT2D eigenvalue weighted by molar-refractivity contribution is 0.687. The van der Waals surface area contributed by atoms with Gasteiger partial charge in [-0.1, -0.05) is 0 Å². The van der Waals surface area contributed by atoms with Gasteiger partial charge in [-0.3, -0.25) is 4.79 Å². The first-order valence-electron chi connectivity index (χ1n) is 4.68. The van der Waals surface area contributed by atoms with E-state index in [0.29, 0.717) is 6.54 Å². The molecule has 5 heteroatoms. The number of pyridine rings is 1. The normalized spacial score (nSPS) is 10.5. The zero-order valence-corrected chi connectivity index (χ0v) is 8.71. The molecule has 0 spiro atoms. The van der Waals surface area contributed by atoms with Crippen LogP contribution in [0, 0.1) is 6.92 Å². The van der Waals surface area contributed by atoms with Gasteiger partial charge in [0.05, 0.1) is 6.54 Å². The molecule has 0 saturated heterocycles. The molecule has 0 N–H and O–H groups in total. The first-order chi connectivity index (χ1) is 7.16. The molecule has 0 unspecified atom stereocenters. The fraction of sp³-hybridized carbons (Fsp3) is 0.300. The molecule has 0 aliphatic heterocycles. The van der Waals surface area contributed by atoms with E-state index in [1.54, 1.807) is 12.4 Å². The molecule has 0 fully saturated rings. The van der Waals surface area contributed by atoms with Gasteiger partial charge in [0.1, 0.15) is 5.82 Å². The van der Waals surface area contributed by atoms with Gasteiger partial charge in [-0.05, 0) is 6.92 Å². The molecular formula is C10H12N4O. The first kappa shape index (κ1) is 9.64. The smallest absolute Gasteiger partial charge is 0.181 e. The van der Waals surface area contributed by atoms with Crippen LogP contribution in [0.2, 0.25) is 0 Å². The largest absolute Gasteiger partial charge is 0.346 e. The molecule has 0 aliphatic carbocycles. The zero-order valence-electron chi connectivity index (χ0n) is 8.71. The Bertz CT molecular complexity index is 506. The summed E-state index contributed by atoms with van der Waals surface area (Å²) in [6.07, 6.45) is 3.48. The molecule has 78 valence electrons. The zero-order chi connectivity index (χ0) is 10.8. The standard InChI is InChI=1S/C10H12N4O/c1-8-11-12-10(13(8)2)7-14-5-3-9(15)4-6-14/h3-6H,7H2,1-2H3. The highest BCUT2D eigenvalue weighted by Crippen LogP contribution is 1.99. The Morgan fingerprint density at radius 2 is 1.93 bits per heavy atom. The maximum absolute atomic E-state index is 10.9. The molecule has 15 heavy (non-hydrogen) atoms. The fourth-order valence-corrected chi connectivity index (χ4v) is 1.30. The number of hydrogen-bond acceptors (Lipinski definition) is 3. The third-order valence-corrected chi connectivity index (χ3v) is 2.37. The lowest BCUT2D eigenvalue weighted by atomic mass is 10.4. The van der Waals surface area contributed by atoms with E-state index in [9.17, 15) is 4.79 Å². The van der Waals surface area contributed by atoms with Crippen molar-refractivity contribution in [2.24, 2.45) is 7.05 Å². The van der Waals surface area contributed by atoms with Crippen molar-refractivity contribution >= 4 is 0 Å². The van der Waals surface area contributed by atoms with Crippen LogP contribution in [0.3, 0.4) is 0 Å². The minimum atomic E-state index is 0.0143. The molecule has 5 nitrogen and oxygen atoms in total. The molecule has 0 aromatic carbocycles.